The van der Waals surface area contributed by atoms with Crippen LogP contribution in [0.5, 0.6) is 0 Å². The van der Waals surface area contributed by atoms with Gasteiger partial charge in [0, 0.05) is 12.8 Å². The first-order valence-corrected chi connectivity index (χ1v) is 29.1. The third-order valence-electron chi connectivity index (χ3n) is 12.3. The highest BCUT2D eigenvalue weighted by Gasteiger charge is 2.16. The van der Waals surface area contributed by atoms with Crippen LogP contribution in [0.2, 0.25) is 0 Å². The zero-order valence-electron chi connectivity index (χ0n) is 45.5. The Kier molecular flexibility index (Phi) is 56.5. The second kappa shape index (κ2) is 59.6. The van der Waals surface area contributed by atoms with Crippen LogP contribution in [0.1, 0.15) is 258 Å². The van der Waals surface area contributed by atoms with E-state index in [1.807, 2.05) is 0 Å². The summed E-state index contributed by atoms with van der Waals surface area (Å²) in [5, 5.41) is 9.67. The molecule has 5 heteroatoms. The number of aliphatic hydroxyl groups is 1. The van der Waals surface area contributed by atoms with E-state index in [0.29, 0.717) is 12.8 Å². The molecule has 0 bridgehead atoms. The molecule has 0 aromatic carbocycles. The van der Waals surface area contributed by atoms with Gasteiger partial charge in [-0.15, -0.1) is 0 Å². The lowest BCUT2D eigenvalue weighted by atomic mass is 10.0. The van der Waals surface area contributed by atoms with Crippen molar-refractivity contribution in [3.63, 3.8) is 0 Å². The summed E-state index contributed by atoms with van der Waals surface area (Å²) in [5.74, 6) is -0.598. The fourth-order valence-electron chi connectivity index (χ4n) is 7.96. The Morgan fingerprint density at radius 1 is 0.329 bits per heavy atom. The van der Waals surface area contributed by atoms with Crippen molar-refractivity contribution in [3.05, 3.63) is 122 Å². The van der Waals surface area contributed by atoms with E-state index in [-0.39, 0.29) is 25.2 Å². The van der Waals surface area contributed by atoms with E-state index in [2.05, 4.69) is 135 Å². The number of carbonyl (C=O) groups excluding carboxylic acids is 2. The quantitative estimate of drug-likeness (QED) is 0.0374. The average Bonchev–Trinajstić information content (AvgIpc) is 3.36. The number of esters is 2. The number of rotatable bonds is 52. The monoisotopic (exact) mass is 969 g/mol. The third-order valence-corrected chi connectivity index (χ3v) is 12.3. The van der Waals surface area contributed by atoms with Crippen molar-refractivity contribution < 1.29 is 24.2 Å². The SMILES string of the molecule is CC/C=C\C/C=C\C/C=C\C/C=C\C/C=C\CCCCCCCCCCCCCCCCCC(=O)OC(CO)COC(=O)CCCCCCCCCCC/C=C\C/C=C\C/C=C\C/C=C\C/C=C\CC. The Labute approximate surface area is 433 Å². The van der Waals surface area contributed by atoms with E-state index in [9.17, 15) is 14.7 Å². The molecular formula is C65H108O5. The number of allylic oxidation sites excluding steroid dienone is 20. The molecule has 0 spiro atoms. The summed E-state index contributed by atoms with van der Waals surface area (Å²) >= 11 is 0. The molecule has 5 nitrogen and oxygen atoms in total. The van der Waals surface area contributed by atoms with E-state index in [1.54, 1.807) is 0 Å². The summed E-state index contributed by atoms with van der Waals surface area (Å²) in [6.45, 7) is 3.92. The zero-order valence-corrected chi connectivity index (χ0v) is 45.5. The smallest absolute Gasteiger partial charge is 0.306 e. The van der Waals surface area contributed by atoms with E-state index in [0.717, 1.165) is 103 Å². The maximum absolute atomic E-state index is 12.3. The molecule has 1 N–H and O–H groups in total. The second-order valence-electron chi connectivity index (χ2n) is 19.0. The first-order chi connectivity index (χ1) is 34.6. The average molecular weight is 970 g/mol. The van der Waals surface area contributed by atoms with Gasteiger partial charge in [0.25, 0.3) is 0 Å². The van der Waals surface area contributed by atoms with Gasteiger partial charge in [-0.2, -0.15) is 0 Å². The number of carbonyl (C=O) groups is 2. The molecule has 0 aliphatic heterocycles. The molecular weight excluding hydrogens is 861 g/mol. The van der Waals surface area contributed by atoms with E-state index < -0.39 is 6.10 Å². The van der Waals surface area contributed by atoms with Crippen LogP contribution in [-0.2, 0) is 19.1 Å². The maximum Gasteiger partial charge on any atom is 0.306 e. The summed E-state index contributed by atoms with van der Waals surface area (Å²) in [4.78, 5) is 24.6. The number of hydrogen-bond acceptors (Lipinski definition) is 5. The maximum atomic E-state index is 12.3. The number of aliphatic hydroxyl groups excluding tert-OH is 1. The van der Waals surface area contributed by atoms with Crippen LogP contribution in [-0.4, -0.2) is 36.4 Å². The van der Waals surface area contributed by atoms with Gasteiger partial charge in [0.15, 0.2) is 6.10 Å². The van der Waals surface area contributed by atoms with Gasteiger partial charge in [-0.3, -0.25) is 9.59 Å². The van der Waals surface area contributed by atoms with Gasteiger partial charge < -0.3 is 14.6 Å². The molecule has 0 aliphatic rings. The van der Waals surface area contributed by atoms with E-state index >= 15 is 0 Å². The van der Waals surface area contributed by atoms with Crippen LogP contribution in [0.3, 0.4) is 0 Å². The minimum absolute atomic E-state index is 0.0743. The van der Waals surface area contributed by atoms with Crippen molar-refractivity contribution >= 4 is 11.9 Å². The van der Waals surface area contributed by atoms with Gasteiger partial charge in [-0.1, -0.05) is 264 Å². The molecule has 0 fully saturated rings. The Morgan fingerprint density at radius 3 is 0.857 bits per heavy atom. The van der Waals surface area contributed by atoms with E-state index in [4.69, 9.17) is 9.47 Å². The molecule has 1 unspecified atom stereocenters. The summed E-state index contributed by atoms with van der Waals surface area (Å²) < 4.78 is 10.7. The Morgan fingerprint density at radius 2 is 0.571 bits per heavy atom. The Bertz CT molecular complexity index is 1420. The molecule has 0 saturated heterocycles. The van der Waals surface area contributed by atoms with Crippen LogP contribution in [0.4, 0.5) is 0 Å². The fraction of sp³-hybridized carbons (Fsp3) is 0.662. The summed E-state index contributed by atoms with van der Waals surface area (Å²) in [7, 11) is 0. The summed E-state index contributed by atoms with van der Waals surface area (Å²) in [6.07, 6.45) is 87.4. The normalized spacial score (nSPS) is 13.1. The van der Waals surface area contributed by atoms with Gasteiger partial charge in [-0.25, -0.2) is 0 Å². The minimum Gasteiger partial charge on any atom is -0.462 e. The van der Waals surface area contributed by atoms with Crippen molar-refractivity contribution in [2.45, 2.75) is 264 Å². The third kappa shape index (κ3) is 56.9. The molecule has 0 radical (unpaired) electrons. The van der Waals surface area contributed by atoms with Gasteiger partial charge in [0.05, 0.1) is 6.61 Å². The molecule has 398 valence electrons. The Hall–Kier alpha value is -3.70. The molecule has 1 atom stereocenters. The molecule has 0 rings (SSSR count). The number of unbranched alkanes of at least 4 members (excludes halogenated alkanes) is 24. The first-order valence-electron chi connectivity index (χ1n) is 29.1. The lowest BCUT2D eigenvalue weighted by molar-refractivity contribution is -0.161. The molecule has 0 aromatic heterocycles. The van der Waals surface area contributed by atoms with Gasteiger partial charge in [0.2, 0.25) is 0 Å². The largest absolute Gasteiger partial charge is 0.462 e. The molecule has 0 aliphatic carbocycles. The van der Waals surface area contributed by atoms with Crippen LogP contribution in [0.25, 0.3) is 0 Å². The molecule has 0 saturated carbocycles. The molecule has 70 heavy (non-hydrogen) atoms. The highest BCUT2D eigenvalue weighted by atomic mass is 16.6. The standard InChI is InChI=1S/C65H108O5/c1-3-5-7-9-11-13-15-17-19-21-23-25-27-29-30-31-32-33-34-36-38-40-42-44-46-48-50-52-54-56-58-60-65(68)70-63(61-66)62-69-64(67)59-57-55-53-51-49-47-45-43-41-39-37-35-28-26-24-22-20-18-16-14-12-10-8-6-4-2/h5-8,11-14,17-20,23-26,29-30,35,37,63,66H,3-4,9-10,15-16,21-22,27-28,31-34,36,38-62H2,1-2H3/b7-5-,8-6-,13-11-,14-12-,19-17-,20-18-,25-23-,26-24-,30-29-,37-35-. The predicted molar refractivity (Wildman–Crippen MR) is 306 cm³/mol. The van der Waals surface area contributed by atoms with Crippen molar-refractivity contribution in [3.8, 4) is 0 Å². The first kappa shape index (κ1) is 66.3. The highest BCUT2D eigenvalue weighted by Crippen LogP contribution is 2.16. The van der Waals surface area contributed by atoms with Crippen molar-refractivity contribution in [1.82, 2.24) is 0 Å². The Balaban J connectivity index is 3.52. The number of hydrogen-bond donors (Lipinski definition) is 1. The lowest BCUT2D eigenvalue weighted by Crippen LogP contribution is -2.28. The second-order valence-corrected chi connectivity index (χ2v) is 19.0. The van der Waals surface area contributed by atoms with Gasteiger partial charge in [0.1, 0.15) is 6.61 Å². The molecule has 0 aromatic rings. The van der Waals surface area contributed by atoms with Crippen LogP contribution in [0, 0.1) is 0 Å². The van der Waals surface area contributed by atoms with Crippen molar-refractivity contribution in [2.24, 2.45) is 0 Å². The van der Waals surface area contributed by atoms with E-state index in [1.165, 1.54) is 128 Å². The topological polar surface area (TPSA) is 72.8 Å². The molecule has 0 amide bonds. The zero-order chi connectivity index (χ0) is 50.6. The van der Waals surface area contributed by atoms with Crippen molar-refractivity contribution in [1.29, 1.82) is 0 Å². The van der Waals surface area contributed by atoms with Crippen LogP contribution >= 0.6 is 0 Å². The minimum atomic E-state index is -0.783. The summed E-state index contributed by atoms with van der Waals surface area (Å²) in [6, 6.07) is 0. The fourth-order valence-corrected chi connectivity index (χ4v) is 7.96. The highest BCUT2D eigenvalue weighted by molar-refractivity contribution is 5.70. The summed E-state index contributed by atoms with van der Waals surface area (Å²) in [5.41, 5.74) is 0. The van der Waals surface area contributed by atoms with Gasteiger partial charge >= 0.3 is 11.9 Å². The molecule has 0 heterocycles. The lowest BCUT2D eigenvalue weighted by Gasteiger charge is -2.15. The van der Waals surface area contributed by atoms with Crippen LogP contribution in [0.15, 0.2) is 122 Å². The van der Waals surface area contributed by atoms with Crippen LogP contribution < -0.4 is 0 Å². The predicted octanol–water partition coefficient (Wildman–Crippen LogP) is 19.9. The van der Waals surface area contributed by atoms with Gasteiger partial charge in [-0.05, 0) is 103 Å². The number of ether oxygens (including phenoxy) is 2. The van der Waals surface area contributed by atoms with Crippen molar-refractivity contribution in [2.75, 3.05) is 13.2 Å².